The molecule has 2 aromatic carbocycles. The molecule has 146 valence electrons. The lowest BCUT2D eigenvalue weighted by molar-refractivity contribution is -0.130. The first kappa shape index (κ1) is 18.3. The van der Waals surface area contributed by atoms with Gasteiger partial charge in [0.2, 0.25) is 0 Å². The van der Waals surface area contributed by atoms with E-state index in [4.69, 9.17) is 14.2 Å². The molecule has 2 aliphatic heterocycles. The average Bonchev–Trinajstić information content (AvgIpc) is 2.99. The summed E-state index contributed by atoms with van der Waals surface area (Å²) in [7, 11) is 0. The van der Waals surface area contributed by atoms with Gasteiger partial charge in [-0.15, -0.1) is 0 Å². The fourth-order valence-electron chi connectivity index (χ4n) is 3.63. The van der Waals surface area contributed by atoms with Gasteiger partial charge in [0.1, 0.15) is 12.2 Å². The maximum atomic E-state index is 12.4. The number of benzene rings is 2. The topological polar surface area (TPSA) is 73.9 Å². The quantitative estimate of drug-likeness (QED) is 0.637. The van der Waals surface area contributed by atoms with Crippen LogP contribution in [0.2, 0.25) is 0 Å². The van der Waals surface area contributed by atoms with E-state index in [0.717, 1.165) is 23.3 Å². The van der Waals surface area contributed by atoms with E-state index in [1.807, 2.05) is 44.2 Å². The van der Waals surface area contributed by atoms with Gasteiger partial charge in [0, 0.05) is 18.4 Å². The number of amides is 1. The number of hydrogen-bond acceptors (Lipinski definition) is 5. The van der Waals surface area contributed by atoms with E-state index in [1.165, 1.54) is 0 Å². The number of para-hydroxylation sites is 1. The number of carbonyl (C=O) groups is 2. The third kappa shape index (κ3) is 3.67. The van der Waals surface area contributed by atoms with Crippen LogP contribution in [0.5, 0.6) is 11.5 Å². The van der Waals surface area contributed by atoms with E-state index in [1.54, 1.807) is 12.1 Å². The number of cyclic esters (lactones) is 1. The van der Waals surface area contributed by atoms with Crippen LogP contribution < -0.4 is 14.8 Å². The van der Waals surface area contributed by atoms with Gasteiger partial charge >= 0.3 is 5.97 Å². The largest absolute Gasteiger partial charge is 0.488 e. The number of nitrogens with one attached hydrogen (secondary N) is 1. The van der Waals surface area contributed by atoms with Crippen molar-refractivity contribution in [3.8, 4) is 11.5 Å². The molecule has 1 N–H and O–H groups in total. The van der Waals surface area contributed by atoms with E-state index in [2.05, 4.69) is 5.32 Å². The molecule has 1 atom stereocenters. The highest BCUT2D eigenvalue weighted by Gasteiger charge is 2.33. The number of carbonyl (C=O) groups excluding carboxylic acids is 2. The van der Waals surface area contributed by atoms with Crippen molar-refractivity contribution in [2.45, 2.75) is 38.4 Å². The summed E-state index contributed by atoms with van der Waals surface area (Å²) in [5.41, 5.74) is 2.24. The Labute approximate surface area is 163 Å². The molecule has 0 saturated carbocycles. The lowest BCUT2D eigenvalue weighted by Gasteiger charge is -2.23. The van der Waals surface area contributed by atoms with E-state index in [-0.39, 0.29) is 11.5 Å². The highest BCUT2D eigenvalue weighted by atomic mass is 16.6. The minimum atomic E-state index is -0.812. The van der Waals surface area contributed by atoms with Crippen molar-refractivity contribution >= 4 is 11.9 Å². The van der Waals surface area contributed by atoms with Crippen LogP contribution in [0.3, 0.4) is 0 Å². The molecule has 2 aromatic rings. The van der Waals surface area contributed by atoms with Gasteiger partial charge in [0.25, 0.3) is 5.91 Å². The van der Waals surface area contributed by atoms with E-state index in [9.17, 15) is 9.59 Å². The Morgan fingerprint density at radius 1 is 1.18 bits per heavy atom. The van der Waals surface area contributed by atoms with Crippen molar-refractivity contribution in [1.82, 2.24) is 5.32 Å². The Kier molecular flexibility index (Phi) is 4.71. The summed E-state index contributed by atoms with van der Waals surface area (Å²) in [5.74, 6) is 0.673. The second-order valence-electron chi connectivity index (χ2n) is 7.68. The van der Waals surface area contributed by atoms with Crippen molar-refractivity contribution in [3.63, 3.8) is 0 Å². The van der Waals surface area contributed by atoms with Gasteiger partial charge in [-0.25, -0.2) is 4.79 Å². The second-order valence-corrected chi connectivity index (χ2v) is 7.68. The molecule has 28 heavy (non-hydrogen) atoms. The first-order chi connectivity index (χ1) is 13.4. The van der Waals surface area contributed by atoms with E-state index >= 15 is 0 Å². The standard InChI is InChI=1S/C22H23NO5/c1-22(2)13-15-7-5-9-17(19(15)28-22)26-11-10-23-20(24)18-12-14-6-3-4-8-16(14)21(25)27-18/h3-9,18H,10-13H2,1-2H3,(H,23,24). The lowest BCUT2D eigenvalue weighted by atomic mass is 9.98. The Bertz CT molecular complexity index is 921. The number of rotatable bonds is 5. The van der Waals surface area contributed by atoms with E-state index in [0.29, 0.717) is 30.9 Å². The summed E-state index contributed by atoms with van der Waals surface area (Å²) in [5, 5.41) is 2.78. The third-order valence-electron chi connectivity index (χ3n) is 4.90. The molecule has 0 radical (unpaired) electrons. The number of ether oxygens (including phenoxy) is 3. The molecule has 6 nitrogen and oxygen atoms in total. The Balaban J connectivity index is 1.30. The first-order valence-corrected chi connectivity index (χ1v) is 9.43. The summed E-state index contributed by atoms with van der Waals surface area (Å²) < 4.78 is 17.0. The molecular weight excluding hydrogens is 358 g/mol. The second kappa shape index (κ2) is 7.19. The molecule has 4 rings (SSSR count). The van der Waals surface area contributed by atoms with Gasteiger partial charge in [0.15, 0.2) is 17.6 Å². The van der Waals surface area contributed by atoms with Crippen molar-refractivity contribution in [3.05, 3.63) is 59.2 Å². The number of esters is 1. The zero-order valence-electron chi connectivity index (χ0n) is 16.0. The predicted molar refractivity (Wildman–Crippen MR) is 103 cm³/mol. The molecule has 2 aliphatic rings. The summed E-state index contributed by atoms with van der Waals surface area (Å²) in [6.45, 7) is 4.69. The van der Waals surface area contributed by atoms with Crippen LogP contribution in [0.25, 0.3) is 0 Å². The maximum absolute atomic E-state index is 12.4. The van der Waals surface area contributed by atoms with Crippen molar-refractivity contribution < 1.29 is 23.8 Å². The van der Waals surface area contributed by atoms with Crippen LogP contribution in [0, 0.1) is 0 Å². The molecule has 0 fully saturated rings. The molecular formula is C22H23NO5. The Hall–Kier alpha value is -3.02. The fraction of sp³-hybridized carbons (Fsp3) is 0.364. The van der Waals surface area contributed by atoms with Gasteiger partial charge < -0.3 is 19.5 Å². The Morgan fingerprint density at radius 2 is 1.96 bits per heavy atom. The SMILES string of the molecule is CC1(C)Cc2cccc(OCCNC(=O)C3Cc4ccccc4C(=O)O3)c2O1. The summed E-state index contributed by atoms with van der Waals surface area (Å²) in [6, 6.07) is 13.0. The zero-order chi connectivity index (χ0) is 19.7. The third-order valence-corrected chi connectivity index (χ3v) is 4.90. The molecule has 2 heterocycles. The van der Waals surface area contributed by atoms with Crippen LogP contribution in [-0.2, 0) is 22.4 Å². The van der Waals surface area contributed by atoms with Crippen molar-refractivity contribution in [2.75, 3.05) is 13.2 Å². The highest BCUT2D eigenvalue weighted by molar-refractivity contribution is 5.95. The first-order valence-electron chi connectivity index (χ1n) is 9.43. The number of fused-ring (bicyclic) bond motifs is 2. The van der Waals surface area contributed by atoms with Gasteiger partial charge in [0.05, 0.1) is 12.1 Å². The molecule has 6 heteroatoms. The zero-order valence-corrected chi connectivity index (χ0v) is 16.0. The summed E-state index contributed by atoms with van der Waals surface area (Å²) in [6.07, 6.45) is 0.404. The average molecular weight is 381 g/mol. The fourth-order valence-corrected chi connectivity index (χ4v) is 3.63. The summed E-state index contributed by atoms with van der Waals surface area (Å²) >= 11 is 0. The molecule has 0 bridgehead atoms. The summed E-state index contributed by atoms with van der Waals surface area (Å²) in [4.78, 5) is 24.4. The van der Waals surface area contributed by atoms with Crippen LogP contribution >= 0.6 is 0 Å². The molecule has 1 unspecified atom stereocenters. The molecule has 0 saturated heterocycles. The number of hydrogen-bond donors (Lipinski definition) is 1. The van der Waals surface area contributed by atoms with Crippen LogP contribution in [0.15, 0.2) is 42.5 Å². The maximum Gasteiger partial charge on any atom is 0.339 e. The van der Waals surface area contributed by atoms with Crippen molar-refractivity contribution in [1.29, 1.82) is 0 Å². The molecule has 0 spiro atoms. The van der Waals surface area contributed by atoms with Gasteiger partial charge in [-0.1, -0.05) is 30.3 Å². The van der Waals surface area contributed by atoms with E-state index < -0.39 is 12.1 Å². The van der Waals surface area contributed by atoms with Gasteiger partial charge in [-0.3, -0.25) is 4.79 Å². The minimum absolute atomic E-state index is 0.239. The lowest BCUT2D eigenvalue weighted by Crippen LogP contribution is -2.43. The highest BCUT2D eigenvalue weighted by Crippen LogP contribution is 2.41. The minimum Gasteiger partial charge on any atom is -0.488 e. The molecule has 0 aliphatic carbocycles. The monoisotopic (exact) mass is 381 g/mol. The van der Waals surface area contributed by atoms with Crippen LogP contribution in [-0.4, -0.2) is 36.7 Å². The van der Waals surface area contributed by atoms with Gasteiger partial charge in [-0.05, 0) is 31.5 Å². The van der Waals surface area contributed by atoms with Crippen LogP contribution in [0.1, 0.15) is 35.3 Å². The smallest absolute Gasteiger partial charge is 0.339 e. The molecule has 0 aromatic heterocycles. The van der Waals surface area contributed by atoms with Crippen LogP contribution in [0.4, 0.5) is 0 Å². The predicted octanol–water partition coefficient (Wildman–Crippen LogP) is 2.68. The van der Waals surface area contributed by atoms with Gasteiger partial charge in [-0.2, -0.15) is 0 Å². The molecule has 1 amide bonds. The normalized spacial score (nSPS) is 19.1. The van der Waals surface area contributed by atoms with Crippen molar-refractivity contribution in [2.24, 2.45) is 0 Å². The Morgan fingerprint density at radius 3 is 2.82 bits per heavy atom.